The largest absolute Gasteiger partial charge is 0.353 e. The zero-order valence-electron chi connectivity index (χ0n) is 16.0. The molecule has 144 valence electrons. The molecule has 6 heteroatoms. The maximum absolute atomic E-state index is 12.3. The first-order valence-electron chi connectivity index (χ1n) is 10.3. The standard InChI is InChI=1S/C20H32N4O2/c1-3-13(4-2)19(25)21-16-10-15(11-16)17-12-18(24-23-17)22-20(26)14-8-6-5-7-9-14/h12-16H,3-11H2,1-2H3,(H,21,25)(H2,22,23,24,26). The van der Waals surface area contributed by atoms with Gasteiger partial charge < -0.3 is 10.6 Å². The lowest BCUT2D eigenvalue weighted by Crippen LogP contribution is -2.45. The van der Waals surface area contributed by atoms with Crippen molar-refractivity contribution in [2.45, 2.75) is 83.6 Å². The zero-order chi connectivity index (χ0) is 18.5. The van der Waals surface area contributed by atoms with Crippen LogP contribution in [0.5, 0.6) is 0 Å². The number of H-pyrrole nitrogens is 1. The van der Waals surface area contributed by atoms with Gasteiger partial charge in [-0.15, -0.1) is 0 Å². The molecule has 0 aliphatic heterocycles. The van der Waals surface area contributed by atoms with Gasteiger partial charge in [-0.25, -0.2) is 0 Å². The van der Waals surface area contributed by atoms with Gasteiger partial charge in [0.1, 0.15) is 0 Å². The predicted octanol–water partition coefficient (Wildman–Crippen LogP) is 3.73. The molecule has 1 aromatic heterocycles. The van der Waals surface area contributed by atoms with E-state index in [2.05, 4.69) is 34.7 Å². The minimum Gasteiger partial charge on any atom is -0.353 e. The highest BCUT2D eigenvalue weighted by Crippen LogP contribution is 2.37. The summed E-state index contributed by atoms with van der Waals surface area (Å²) in [5.74, 6) is 1.56. The van der Waals surface area contributed by atoms with Crippen molar-refractivity contribution in [2.24, 2.45) is 11.8 Å². The molecule has 1 aromatic rings. The van der Waals surface area contributed by atoms with Crippen molar-refractivity contribution in [3.63, 3.8) is 0 Å². The molecule has 2 aliphatic rings. The second kappa shape index (κ2) is 8.69. The summed E-state index contributed by atoms with van der Waals surface area (Å²) < 4.78 is 0. The molecule has 0 unspecified atom stereocenters. The zero-order valence-corrected chi connectivity index (χ0v) is 16.0. The summed E-state index contributed by atoms with van der Waals surface area (Å²) in [6.45, 7) is 4.12. The van der Waals surface area contributed by atoms with E-state index in [9.17, 15) is 9.59 Å². The maximum Gasteiger partial charge on any atom is 0.228 e. The first-order chi connectivity index (χ1) is 12.6. The van der Waals surface area contributed by atoms with Crippen molar-refractivity contribution in [3.8, 4) is 0 Å². The molecule has 0 saturated heterocycles. The fraction of sp³-hybridized carbons (Fsp3) is 0.750. The number of amides is 2. The quantitative estimate of drug-likeness (QED) is 0.692. The minimum atomic E-state index is 0.103. The van der Waals surface area contributed by atoms with Gasteiger partial charge in [0.25, 0.3) is 0 Å². The van der Waals surface area contributed by atoms with E-state index in [1.165, 1.54) is 6.42 Å². The number of nitrogens with zero attached hydrogens (tertiary/aromatic N) is 1. The molecule has 6 nitrogen and oxygen atoms in total. The maximum atomic E-state index is 12.3. The summed E-state index contributed by atoms with van der Waals surface area (Å²) in [6, 6.07) is 2.21. The molecule has 0 bridgehead atoms. The smallest absolute Gasteiger partial charge is 0.228 e. The van der Waals surface area contributed by atoms with Gasteiger partial charge in [-0.2, -0.15) is 5.10 Å². The molecule has 26 heavy (non-hydrogen) atoms. The average Bonchev–Trinajstić information content (AvgIpc) is 3.07. The fourth-order valence-corrected chi connectivity index (χ4v) is 4.17. The van der Waals surface area contributed by atoms with E-state index in [0.29, 0.717) is 11.7 Å². The molecule has 2 saturated carbocycles. The fourth-order valence-electron chi connectivity index (χ4n) is 4.17. The number of rotatable bonds is 7. The summed E-state index contributed by atoms with van der Waals surface area (Å²) >= 11 is 0. The number of hydrogen-bond acceptors (Lipinski definition) is 3. The minimum absolute atomic E-state index is 0.103. The van der Waals surface area contributed by atoms with Crippen LogP contribution in [0.4, 0.5) is 5.82 Å². The van der Waals surface area contributed by atoms with Crippen LogP contribution >= 0.6 is 0 Å². The summed E-state index contributed by atoms with van der Waals surface area (Å²) in [7, 11) is 0. The molecule has 3 rings (SSSR count). The number of aromatic amines is 1. The Hall–Kier alpha value is -1.85. The van der Waals surface area contributed by atoms with Gasteiger partial charge in [-0.05, 0) is 38.5 Å². The van der Waals surface area contributed by atoms with Gasteiger partial charge in [-0.3, -0.25) is 14.7 Å². The first-order valence-corrected chi connectivity index (χ1v) is 10.3. The highest BCUT2D eigenvalue weighted by atomic mass is 16.2. The molecule has 0 radical (unpaired) electrons. The van der Waals surface area contributed by atoms with Gasteiger partial charge in [-0.1, -0.05) is 33.1 Å². The van der Waals surface area contributed by atoms with Gasteiger partial charge in [0.15, 0.2) is 5.82 Å². The highest BCUT2D eigenvalue weighted by molar-refractivity contribution is 5.91. The Bertz CT molecular complexity index is 611. The van der Waals surface area contributed by atoms with Crippen LogP contribution in [0, 0.1) is 11.8 Å². The van der Waals surface area contributed by atoms with Crippen LogP contribution in [0.25, 0.3) is 0 Å². The molecule has 0 spiro atoms. The van der Waals surface area contributed by atoms with Crippen molar-refractivity contribution in [1.29, 1.82) is 0 Å². The summed E-state index contributed by atoms with van der Waals surface area (Å²) in [6.07, 6.45) is 9.17. The summed E-state index contributed by atoms with van der Waals surface area (Å²) in [4.78, 5) is 24.5. The molecular weight excluding hydrogens is 328 g/mol. The van der Waals surface area contributed by atoms with Crippen molar-refractivity contribution >= 4 is 17.6 Å². The van der Waals surface area contributed by atoms with E-state index in [1.807, 2.05) is 6.07 Å². The van der Waals surface area contributed by atoms with Crippen LogP contribution in [-0.4, -0.2) is 28.1 Å². The molecule has 0 atom stereocenters. The van der Waals surface area contributed by atoms with Crippen LogP contribution in [0.2, 0.25) is 0 Å². The van der Waals surface area contributed by atoms with Crippen LogP contribution in [0.1, 0.15) is 83.2 Å². The SMILES string of the molecule is CCC(CC)C(=O)NC1CC(c2cc(NC(=O)C3CCCCC3)n[nH]2)C1. The van der Waals surface area contributed by atoms with Gasteiger partial charge in [0, 0.05) is 35.6 Å². The lowest BCUT2D eigenvalue weighted by Gasteiger charge is -2.35. The Morgan fingerprint density at radius 2 is 1.88 bits per heavy atom. The van der Waals surface area contributed by atoms with Crippen LogP contribution in [0.3, 0.4) is 0 Å². The Kier molecular flexibility index (Phi) is 6.33. The number of anilines is 1. The van der Waals surface area contributed by atoms with E-state index in [-0.39, 0.29) is 29.7 Å². The van der Waals surface area contributed by atoms with Gasteiger partial charge >= 0.3 is 0 Å². The van der Waals surface area contributed by atoms with Crippen LogP contribution < -0.4 is 10.6 Å². The lowest BCUT2D eigenvalue weighted by molar-refractivity contribution is -0.126. The summed E-state index contributed by atoms with van der Waals surface area (Å²) in [5, 5.41) is 13.4. The topological polar surface area (TPSA) is 86.9 Å². The number of carbonyl (C=O) groups excluding carboxylic acids is 2. The van der Waals surface area contributed by atoms with E-state index >= 15 is 0 Å². The Morgan fingerprint density at radius 3 is 2.54 bits per heavy atom. The van der Waals surface area contributed by atoms with E-state index in [4.69, 9.17) is 0 Å². The third kappa shape index (κ3) is 4.46. The number of aromatic nitrogens is 2. The first kappa shape index (κ1) is 18.9. The predicted molar refractivity (Wildman–Crippen MR) is 102 cm³/mol. The highest BCUT2D eigenvalue weighted by Gasteiger charge is 2.33. The van der Waals surface area contributed by atoms with Gasteiger partial charge in [0.2, 0.25) is 11.8 Å². The monoisotopic (exact) mass is 360 g/mol. The number of hydrogen-bond donors (Lipinski definition) is 3. The van der Waals surface area contributed by atoms with Crippen LogP contribution in [0.15, 0.2) is 6.07 Å². The molecule has 1 heterocycles. The number of nitrogens with one attached hydrogen (secondary N) is 3. The van der Waals surface area contributed by atoms with Gasteiger partial charge in [0.05, 0.1) is 0 Å². The molecule has 2 amide bonds. The normalized spacial score (nSPS) is 23.5. The molecule has 0 aromatic carbocycles. The summed E-state index contributed by atoms with van der Waals surface area (Å²) in [5.41, 5.74) is 1.05. The molecule has 2 aliphatic carbocycles. The third-order valence-corrected chi connectivity index (χ3v) is 6.11. The average molecular weight is 361 g/mol. The second-order valence-corrected chi connectivity index (χ2v) is 7.92. The van der Waals surface area contributed by atoms with E-state index in [0.717, 1.165) is 57.1 Å². The number of carbonyl (C=O) groups is 2. The Labute approximate surface area is 155 Å². The van der Waals surface area contributed by atoms with Crippen molar-refractivity contribution in [3.05, 3.63) is 11.8 Å². The van der Waals surface area contributed by atoms with E-state index < -0.39 is 0 Å². The molecule has 3 N–H and O–H groups in total. The van der Waals surface area contributed by atoms with Crippen LogP contribution in [-0.2, 0) is 9.59 Å². The third-order valence-electron chi connectivity index (χ3n) is 6.11. The second-order valence-electron chi connectivity index (χ2n) is 7.92. The molecule has 2 fully saturated rings. The van der Waals surface area contributed by atoms with Crippen molar-refractivity contribution in [2.75, 3.05) is 5.32 Å². The van der Waals surface area contributed by atoms with E-state index in [1.54, 1.807) is 0 Å². The lowest BCUT2D eigenvalue weighted by atomic mass is 9.78. The van der Waals surface area contributed by atoms with Crippen molar-refractivity contribution in [1.82, 2.24) is 15.5 Å². The van der Waals surface area contributed by atoms with Crippen molar-refractivity contribution < 1.29 is 9.59 Å². The Morgan fingerprint density at radius 1 is 1.19 bits per heavy atom. The Balaban J connectivity index is 1.44. The molecular formula is C20H32N4O2.